The fourth-order valence-electron chi connectivity index (χ4n) is 3.34. The fraction of sp³-hybridized carbons (Fsp3) is 0.933. The molecule has 0 aromatic rings. The van der Waals surface area contributed by atoms with Crippen LogP contribution in [0.25, 0.3) is 0 Å². The van der Waals surface area contributed by atoms with Crippen LogP contribution in [0.4, 0.5) is 0 Å². The first-order chi connectivity index (χ1) is 9.14. The number of ether oxygens (including phenoxy) is 1. The van der Waals surface area contributed by atoms with Crippen molar-refractivity contribution in [3.63, 3.8) is 0 Å². The van der Waals surface area contributed by atoms with Gasteiger partial charge in [0.2, 0.25) is 0 Å². The van der Waals surface area contributed by atoms with Gasteiger partial charge in [0.1, 0.15) is 0 Å². The van der Waals surface area contributed by atoms with E-state index in [1.54, 1.807) is 0 Å². The lowest BCUT2D eigenvalue weighted by molar-refractivity contribution is -0.154. The average Bonchev–Trinajstić information content (AvgIpc) is 2.57. The van der Waals surface area contributed by atoms with Crippen molar-refractivity contribution in [2.24, 2.45) is 5.41 Å². The number of carbonyl (C=O) groups is 1. The van der Waals surface area contributed by atoms with Crippen LogP contribution in [0.3, 0.4) is 0 Å². The van der Waals surface area contributed by atoms with Crippen LogP contribution in [-0.2, 0) is 18.8 Å². The van der Waals surface area contributed by atoms with E-state index < -0.39 is 5.41 Å². The molecule has 2 atom stereocenters. The summed E-state index contributed by atoms with van der Waals surface area (Å²) in [4.78, 5) is 12.2. The van der Waals surface area contributed by atoms with Crippen molar-refractivity contribution in [3.8, 4) is 0 Å². The smallest absolute Gasteiger partial charge is 0.462 e. The van der Waals surface area contributed by atoms with E-state index in [1.165, 1.54) is 7.11 Å². The molecule has 0 bridgehead atoms. The van der Waals surface area contributed by atoms with Crippen LogP contribution in [0.1, 0.15) is 60.3 Å². The zero-order valence-electron chi connectivity index (χ0n) is 13.6. The highest BCUT2D eigenvalue weighted by molar-refractivity contribution is 6.48. The molecule has 2 aliphatic rings. The van der Waals surface area contributed by atoms with E-state index in [9.17, 15) is 4.79 Å². The molecule has 1 aliphatic carbocycles. The molecule has 1 saturated heterocycles. The molecule has 1 saturated carbocycles. The van der Waals surface area contributed by atoms with Gasteiger partial charge in [-0.2, -0.15) is 0 Å². The second-order valence-corrected chi connectivity index (χ2v) is 7.39. The highest BCUT2D eigenvalue weighted by atomic mass is 16.7. The molecule has 2 fully saturated rings. The molecule has 1 heterocycles. The van der Waals surface area contributed by atoms with Gasteiger partial charge in [0, 0.05) is 5.82 Å². The van der Waals surface area contributed by atoms with Gasteiger partial charge in [-0.1, -0.05) is 19.3 Å². The first-order valence-corrected chi connectivity index (χ1v) is 7.58. The maximum atomic E-state index is 12.2. The van der Waals surface area contributed by atoms with Gasteiger partial charge in [-0.15, -0.1) is 0 Å². The Morgan fingerprint density at radius 2 is 1.65 bits per heavy atom. The molecule has 0 spiro atoms. The monoisotopic (exact) mass is 282 g/mol. The minimum Gasteiger partial charge on any atom is -0.469 e. The molecule has 0 aromatic heterocycles. The summed E-state index contributed by atoms with van der Waals surface area (Å²) in [5.74, 6) is -0.0818. The van der Waals surface area contributed by atoms with Crippen molar-refractivity contribution < 1.29 is 18.8 Å². The van der Waals surface area contributed by atoms with Crippen LogP contribution < -0.4 is 0 Å². The topological polar surface area (TPSA) is 44.8 Å². The Bertz CT molecular complexity index is 377. The number of hydrogen-bond donors (Lipinski definition) is 0. The molecule has 114 valence electrons. The highest BCUT2D eigenvalue weighted by Gasteiger charge is 2.59. The van der Waals surface area contributed by atoms with Crippen molar-refractivity contribution >= 4 is 13.1 Å². The van der Waals surface area contributed by atoms with E-state index in [4.69, 9.17) is 14.0 Å². The summed E-state index contributed by atoms with van der Waals surface area (Å²) in [6.07, 6.45) is 3.96. The number of carbonyl (C=O) groups excluding carboxylic acids is 1. The molecular formula is C15H27BO4. The third-order valence-electron chi connectivity index (χ3n) is 5.53. The summed E-state index contributed by atoms with van der Waals surface area (Å²) in [5.41, 5.74) is -1.22. The second kappa shape index (κ2) is 5.02. The van der Waals surface area contributed by atoms with Gasteiger partial charge >= 0.3 is 13.1 Å². The Morgan fingerprint density at radius 3 is 2.15 bits per heavy atom. The largest absolute Gasteiger partial charge is 0.469 e. The lowest BCUT2D eigenvalue weighted by Crippen LogP contribution is -2.44. The Hall–Kier alpha value is -0.545. The summed E-state index contributed by atoms with van der Waals surface area (Å²) in [5, 5.41) is 0. The molecule has 4 nitrogen and oxygen atoms in total. The normalized spacial score (nSPS) is 35.9. The Labute approximate surface area is 122 Å². The van der Waals surface area contributed by atoms with Gasteiger partial charge in [0.05, 0.1) is 23.7 Å². The molecule has 20 heavy (non-hydrogen) atoms. The molecule has 0 aromatic carbocycles. The van der Waals surface area contributed by atoms with Gasteiger partial charge in [0.15, 0.2) is 0 Å². The molecular weight excluding hydrogens is 255 g/mol. The molecule has 1 aliphatic heterocycles. The second-order valence-electron chi connectivity index (χ2n) is 7.39. The predicted molar refractivity (Wildman–Crippen MR) is 78.4 cm³/mol. The maximum Gasteiger partial charge on any atom is 0.462 e. The van der Waals surface area contributed by atoms with Crippen molar-refractivity contribution in [1.82, 2.24) is 0 Å². The molecule has 5 heteroatoms. The van der Waals surface area contributed by atoms with E-state index >= 15 is 0 Å². The number of methoxy groups -OCH3 is 1. The summed E-state index contributed by atoms with van der Waals surface area (Å²) < 4.78 is 17.4. The lowest BCUT2D eigenvalue weighted by atomic mass is 9.52. The fourth-order valence-corrected chi connectivity index (χ4v) is 3.34. The average molecular weight is 282 g/mol. The first-order valence-electron chi connectivity index (χ1n) is 7.58. The first kappa shape index (κ1) is 15.8. The van der Waals surface area contributed by atoms with Crippen LogP contribution in [0, 0.1) is 5.41 Å². The quantitative estimate of drug-likeness (QED) is 0.576. The van der Waals surface area contributed by atoms with E-state index in [0.717, 1.165) is 25.7 Å². The van der Waals surface area contributed by atoms with Crippen molar-refractivity contribution in [1.29, 1.82) is 0 Å². The third kappa shape index (κ3) is 2.39. The third-order valence-corrected chi connectivity index (χ3v) is 5.53. The summed E-state index contributed by atoms with van der Waals surface area (Å²) in [6.45, 7) is 10.2. The molecule has 0 radical (unpaired) electrons. The molecule has 0 amide bonds. The minimum atomic E-state index is -0.506. The number of rotatable bonds is 2. The Balaban J connectivity index is 2.25. The van der Waals surface area contributed by atoms with Gasteiger partial charge in [0.25, 0.3) is 0 Å². The standard InChI is InChI=1S/C15H27BO4/c1-13(2)14(3,4)20-16(19-13)11-9-7-8-10-15(11,5)12(17)18-6/h11H,7-10H2,1-6H3/t11-,15+/m1/s1. The summed E-state index contributed by atoms with van der Waals surface area (Å²) in [7, 11) is 1.13. The van der Waals surface area contributed by atoms with E-state index in [0.29, 0.717) is 0 Å². The lowest BCUT2D eigenvalue weighted by Gasteiger charge is -2.39. The van der Waals surface area contributed by atoms with Gasteiger partial charge in [-0.3, -0.25) is 4.79 Å². The zero-order valence-corrected chi connectivity index (χ0v) is 13.6. The van der Waals surface area contributed by atoms with Crippen molar-refractivity contribution in [2.75, 3.05) is 7.11 Å². The van der Waals surface area contributed by atoms with Gasteiger partial charge in [-0.25, -0.2) is 0 Å². The van der Waals surface area contributed by atoms with E-state index in [1.807, 2.05) is 34.6 Å². The molecule has 2 rings (SSSR count). The summed E-state index contributed by atoms with van der Waals surface area (Å²) >= 11 is 0. The Kier molecular flexibility index (Phi) is 3.98. The van der Waals surface area contributed by atoms with Crippen molar-refractivity contribution in [2.45, 2.75) is 77.3 Å². The Morgan fingerprint density at radius 1 is 1.10 bits per heavy atom. The zero-order chi connectivity index (χ0) is 15.2. The van der Waals surface area contributed by atoms with Crippen LogP contribution in [0.2, 0.25) is 5.82 Å². The number of hydrogen-bond acceptors (Lipinski definition) is 4. The van der Waals surface area contributed by atoms with E-state index in [-0.39, 0.29) is 30.1 Å². The molecule has 0 N–H and O–H groups in total. The van der Waals surface area contributed by atoms with Crippen LogP contribution in [0.5, 0.6) is 0 Å². The van der Waals surface area contributed by atoms with Crippen molar-refractivity contribution in [3.05, 3.63) is 0 Å². The van der Waals surface area contributed by atoms with Gasteiger partial charge < -0.3 is 14.0 Å². The highest BCUT2D eigenvalue weighted by Crippen LogP contribution is 2.52. The number of esters is 1. The maximum absolute atomic E-state index is 12.2. The SMILES string of the molecule is COC(=O)[C@@]1(C)CCCC[C@H]1B1OC(C)(C)C(C)(C)O1. The predicted octanol–water partition coefficient (Wildman–Crippen LogP) is 3.20. The van der Waals surface area contributed by atoms with E-state index in [2.05, 4.69) is 0 Å². The van der Waals surface area contributed by atoms with Crippen LogP contribution in [-0.4, -0.2) is 31.4 Å². The molecule has 0 unspecified atom stereocenters. The van der Waals surface area contributed by atoms with Crippen LogP contribution in [0.15, 0.2) is 0 Å². The van der Waals surface area contributed by atoms with Gasteiger partial charge in [-0.05, 0) is 41.0 Å². The van der Waals surface area contributed by atoms with Crippen LogP contribution >= 0.6 is 0 Å². The summed E-state index contributed by atoms with van der Waals surface area (Å²) in [6, 6.07) is 0. The minimum absolute atomic E-state index is 0.0600.